The molecule has 0 saturated carbocycles. The number of hydrogen-bond acceptors (Lipinski definition) is 7. The number of aromatic amines is 1. The lowest BCUT2D eigenvalue weighted by Crippen LogP contribution is -2.50. The third kappa shape index (κ3) is 7.91. The minimum Gasteiger partial charge on any atom is -0.459 e. The number of piperazine rings is 1. The Bertz CT molecular complexity index is 1540. The van der Waals surface area contributed by atoms with Crippen molar-refractivity contribution in [3.63, 3.8) is 0 Å². The number of benzene rings is 2. The van der Waals surface area contributed by atoms with Crippen LogP contribution in [0.2, 0.25) is 0 Å². The summed E-state index contributed by atoms with van der Waals surface area (Å²) in [6.45, 7) is 3.81. The molecule has 224 valence electrons. The number of para-hydroxylation sites is 1. The van der Waals surface area contributed by atoms with Crippen LogP contribution in [0.4, 0.5) is 4.79 Å². The number of carbonyl (C=O) groups excluding carboxylic acids is 3. The van der Waals surface area contributed by atoms with Gasteiger partial charge in [0.15, 0.2) is 5.76 Å². The maximum Gasteiger partial charge on any atom is 0.409 e. The zero-order valence-corrected chi connectivity index (χ0v) is 23.8. The highest BCUT2D eigenvalue weighted by Gasteiger charge is 2.26. The number of nitrogens with one attached hydrogen (secondary N) is 2. The van der Waals surface area contributed by atoms with E-state index in [-0.39, 0.29) is 18.6 Å². The maximum atomic E-state index is 12.8. The molecule has 3 N–H and O–H groups in total. The van der Waals surface area contributed by atoms with Crippen molar-refractivity contribution < 1.29 is 28.7 Å². The first-order valence-corrected chi connectivity index (χ1v) is 14.2. The lowest BCUT2D eigenvalue weighted by molar-refractivity contribution is -0.124. The van der Waals surface area contributed by atoms with Gasteiger partial charge in [0, 0.05) is 69.0 Å². The molecule has 3 heterocycles. The Balaban J connectivity index is 1.16. The lowest BCUT2D eigenvalue weighted by Gasteiger charge is -2.33. The predicted molar refractivity (Wildman–Crippen MR) is 160 cm³/mol. The number of amides is 3. The van der Waals surface area contributed by atoms with E-state index in [9.17, 15) is 14.4 Å². The standard InChI is InChI=1S/C32H35N5O6/c38-30(34-41)12-11-24-7-9-25(10-8-24)23-35(14-13-26-22-33-28-5-2-1-4-27(26)28)19-21-43-32(40)37-17-15-36(16-18-37)31(39)29-6-3-20-42-29/h1-12,20,22,33,41H,13-19,21,23H2,(H,34,38). The highest BCUT2D eigenvalue weighted by molar-refractivity contribution is 5.91. The normalized spacial score (nSPS) is 13.6. The Labute approximate surface area is 249 Å². The van der Waals surface area contributed by atoms with Crippen molar-refractivity contribution in [2.75, 3.05) is 45.9 Å². The molecule has 11 nitrogen and oxygen atoms in total. The first-order chi connectivity index (χ1) is 21.0. The Morgan fingerprint density at radius 1 is 0.977 bits per heavy atom. The molecular weight excluding hydrogens is 550 g/mol. The average Bonchev–Trinajstić information content (AvgIpc) is 3.73. The summed E-state index contributed by atoms with van der Waals surface area (Å²) in [6, 6.07) is 19.3. The van der Waals surface area contributed by atoms with Crippen molar-refractivity contribution in [2.45, 2.75) is 13.0 Å². The summed E-state index contributed by atoms with van der Waals surface area (Å²) in [4.78, 5) is 45.5. The number of furan rings is 1. The highest BCUT2D eigenvalue weighted by atomic mass is 16.6. The molecule has 5 rings (SSSR count). The van der Waals surface area contributed by atoms with Gasteiger partial charge in [0.2, 0.25) is 0 Å². The third-order valence-electron chi connectivity index (χ3n) is 7.49. The van der Waals surface area contributed by atoms with Gasteiger partial charge in [-0.15, -0.1) is 0 Å². The summed E-state index contributed by atoms with van der Waals surface area (Å²) >= 11 is 0. The van der Waals surface area contributed by atoms with Crippen LogP contribution in [0.25, 0.3) is 17.0 Å². The number of H-pyrrole nitrogens is 1. The molecule has 1 aliphatic heterocycles. The van der Waals surface area contributed by atoms with Crippen LogP contribution in [0.1, 0.15) is 27.2 Å². The first-order valence-electron chi connectivity index (χ1n) is 14.2. The fourth-order valence-electron chi connectivity index (χ4n) is 5.09. The molecule has 1 saturated heterocycles. The minimum atomic E-state index is -0.591. The molecule has 0 radical (unpaired) electrons. The van der Waals surface area contributed by atoms with E-state index < -0.39 is 5.91 Å². The van der Waals surface area contributed by atoms with Crippen LogP contribution in [0.3, 0.4) is 0 Å². The number of hydrogen-bond donors (Lipinski definition) is 3. The van der Waals surface area contributed by atoms with Crippen LogP contribution in [0.15, 0.2) is 83.6 Å². The Hall–Kier alpha value is -4.87. The molecule has 3 amide bonds. The van der Waals surface area contributed by atoms with E-state index in [1.807, 2.05) is 42.6 Å². The van der Waals surface area contributed by atoms with Crippen molar-refractivity contribution in [3.05, 3.63) is 102 Å². The average molecular weight is 586 g/mol. The highest BCUT2D eigenvalue weighted by Crippen LogP contribution is 2.19. The van der Waals surface area contributed by atoms with E-state index in [1.165, 1.54) is 23.3 Å². The van der Waals surface area contributed by atoms with Gasteiger partial charge in [0.25, 0.3) is 11.8 Å². The van der Waals surface area contributed by atoms with Crippen molar-refractivity contribution in [3.8, 4) is 0 Å². The van der Waals surface area contributed by atoms with Crippen LogP contribution in [-0.2, 0) is 22.5 Å². The summed E-state index contributed by atoms with van der Waals surface area (Å²) in [7, 11) is 0. The van der Waals surface area contributed by atoms with Crippen LogP contribution in [0, 0.1) is 0 Å². The van der Waals surface area contributed by atoms with Gasteiger partial charge in [-0.1, -0.05) is 42.5 Å². The second-order valence-corrected chi connectivity index (χ2v) is 10.3. The van der Waals surface area contributed by atoms with Crippen molar-refractivity contribution in [1.29, 1.82) is 0 Å². The van der Waals surface area contributed by atoms with E-state index in [1.54, 1.807) is 33.5 Å². The molecule has 0 spiro atoms. The minimum absolute atomic E-state index is 0.177. The zero-order valence-electron chi connectivity index (χ0n) is 23.8. The summed E-state index contributed by atoms with van der Waals surface area (Å²) in [5.74, 6) is -0.473. The van der Waals surface area contributed by atoms with E-state index >= 15 is 0 Å². The summed E-state index contributed by atoms with van der Waals surface area (Å²) in [5.41, 5.74) is 5.81. The quantitative estimate of drug-likeness (QED) is 0.138. The topological polar surface area (TPSA) is 131 Å². The Morgan fingerprint density at radius 3 is 2.49 bits per heavy atom. The molecular formula is C32H35N5O6. The molecule has 2 aromatic carbocycles. The van der Waals surface area contributed by atoms with Gasteiger partial charge in [-0.05, 0) is 47.4 Å². The summed E-state index contributed by atoms with van der Waals surface area (Å²) < 4.78 is 10.9. The van der Waals surface area contributed by atoms with Gasteiger partial charge in [0.05, 0.1) is 6.26 Å². The number of hydroxylamine groups is 1. The largest absolute Gasteiger partial charge is 0.459 e. The van der Waals surface area contributed by atoms with Crippen LogP contribution < -0.4 is 5.48 Å². The third-order valence-corrected chi connectivity index (χ3v) is 7.49. The number of carbonyl (C=O) groups is 3. The molecule has 1 fully saturated rings. The summed E-state index contributed by atoms with van der Waals surface area (Å²) in [5, 5.41) is 9.86. The molecule has 2 aromatic heterocycles. The van der Waals surface area contributed by atoms with Crippen LogP contribution in [0.5, 0.6) is 0 Å². The second kappa shape index (κ2) is 14.3. The zero-order chi connectivity index (χ0) is 30.0. The van der Waals surface area contributed by atoms with Gasteiger partial charge in [-0.25, -0.2) is 10.3 Å². The molecule has 1 aliphatic rings. The van der Waals surface area contributed by atoms with Crippen LogP contribution in [-0.4, -0.2) is 88.7 Å². The van der Waals surface area contributed by atoms with Crippen molar-refractivity contribution in [2.24, 2.45) is 0 Å². The van der Waals surface area contributed by atoms with Crippen LogP contribution >= 0.6 is 0 Å². The molecule has 43 heavy (non-hydrogen) atoms. The number of nitrogens with zero attached hydrogens (tertiary/aromatic N) is 3. The van der Waals surface area contributed by atoms with E-state index in [0.29, 0.717) is 45.0 Å². The summed E-state index contributed by atoms with van der Waals surface area (Å²) in [6.07, 6.45) is 6.83. The number of ether oxygens (including phenoxy) is 1. The maximum absolute atomic E-state index is 12.8. The molecule has 0 atom stereocenters. The lowest BCUT2D eigenvalue weighted by atomic mass is 10.1. The number of aromatic nitrogens is 1. The first kappa shape index (κ1) is 29.6. The Kier molecular flexibility index (Phi) is 9.88. The number of rotatable bonds is 11. The van der Waals surface area contributed by atoms with Gasteiger partial charge in [-0.2, -0.15) is 0 Å². The second-order valence-electron chi connectivity index (χ2n) is 10.3. The molecule has 0 aliphatic carbocycles. The van der Waals surface area contributed by atoms with E-state index in [2.05, 4.69) is 22.0 Å². The van der Waals surface area contributed by atoms with E-state index in [4.69, 9.17) is 14.4 Å². The molecule has 11 heteroatoms. The van der Waals surface area contributed by atoms with Gasteiger partial charge < -0.3 is 23.9 Å². The van der Waals surface area contributed by atoms with Crippen molar-refractivity contribution >= 4 is 34.9 Å². The molecule has 4 aromatic rings. The fraction of sp³-hybridized carbons (Fsp3) is 0.281. The predicted octanol–water partition coefficient (Wildman–Crippen LogP) is 3.92. The molecule has 0 bridgehead atoms. The van der Waals surface area contributed by atoms with Gasteiger partial charge in [0.1, 0.15) is 6.61 Å². The van der Waals surface area contributed by atoms with Gasteiger partial charge >= 0.3 is 6.09 Å². The fourth-order valence-corrected chi connectivity index (χ4v) is 5.09. The van der Waals surface area contributed by atoms with E-state index in [0.717, 1.165) is 29.6 Å². The van der Waals surface area contributed by atoms with Crippen molar-refractivity contribution in [1.82, 2.24) is 25.2 Å². The Morgan fingerprint density at radius 2 is 1.74 bits per heavy atom. The monoisotopic (exact) mass is 585 g/mol. The SMILES string of the molecule is O=C(C=Cc1ccc(CN(CCOC(=O)N2CCN(C(=O)c3ccco3)CC2)CCc2c[nH]c3ccccc23)cc1)NO. The smallest absolute Gasteiger partial charge is 0.409 e. The van der Waals surface area contributed by atoms with Gasteiger partial charge in [-0.3, -0.25) is 19.7 Å². The molecule has 0 unspecified atom stereocenters. The number of fused-ring (bicyclic) bond motifs is 1.